The van der Waals surface area contributed by atoms with Crippen molar-refractivity contribution < 1.29 is 14.6 Å². The summed E-state index contributed by atoms with van der Waals surface area (Å²) < 4.78 is 11.1. The minimum atomic E-state index is -0.448. The molecule has 1 saturated heterocycles. The Bertz CT molecular complexity index is 201. The maximum absolute atomic E-state index is 9.63. The van der Waals surface area contributed by atoms with Gasteiger partial charge in [-0.2, -0.15) is 0 Å². The van der Waals surface area contributed by atoms with Crippen molar-refractivity contribution in [3.05, 3.63) is 12.7 Å². The van der Waals surface area contributed by atoms with Crippen LogP contribution in [0.3, 0.4) is 0 Å². The molecular formula is C12H22O3. The summed E-state index contributed by atoms with van der Waals surface area (Å²) in [4.78, 5) is 0. The molecule has 15 heavy (non-hydrogen) atoms. The molecule has 1 aliphatic heterocycles. The normalized spacial score (nSPS) is 26.5. The number of hydrogen-bond acceptors (Lipinski definition) is 3. The van der Waals surface area contributed by atoms with Crippen LogP contribution in [0.15, 0.2) is 12.7 Å². The second-order valence-electron chi connectivity index (χ2n) is 4.55. The highest BCUT2D eigenvalue weighted by atomic mass is 16.7. The molecule has 0 aliphatic carbocycles. The molecule has 0 saturated carbocycles. The largest absolute Gasteiger partial charge is 0.393 e. The van der Waals surface area contributed by atoms with Gasteiger partial charge in [0.1, 0.15) is 0 Å². The van der Waals surface area contributed by atoms with Gasteiger partial charge in [-0.25, -0.2) is 0 Å². The Labute approximate surface area is 92.1 Å². The second-order valence-corrected chi connectivity index (χ2v) is 4.55. The first-order valence-electron chi connectivity index (χ1n) is 5.64. The fraction of sp³-hybridized carbons (Fsp3) is 0.833. The summed E-state index contributed by atoms with van der Waals surface area (Å²) in [7, 11) is 0. The third kappa shape index (κ3) is 4.78. The minimum absolute atomic E-state index is 0.137. The molecule has 1 heterocycles. The first-order chi connectivity index (χ1) is 7.03. The Morgan fingerprint density at radius 3 is 2.80 bits per heavy atom. The van der Waals surface area contributed by atoms with Crippen LogP contribution in [0.25, 0.3) is 0 Å². The molecular weight excluding hydrogens is 192 g/mol. The van der Waals surface area contributed by atoms with Crippen LogP contribution in [0.1, 0.15) is 39.5 Å². The molecule has 0 aromatic carbocycles. The van der Waals surface area contributed by atoms with Crippen molar-refractivity contribution in [1.82, 2.24) is 0 Å². The van der Waals surface area contributed by atoms with Gasteiger partial charge in [-0.15, -0.1) is 6.58 Å². The number of ether oxygens (including phenoxy) is 2. The topological polar surface area (TPSA) is 38.7 Å². The molecule has 0 aromatic heterocycles. The van der Waals surface area contributed by atoms with Crippen LogP contribution < -0.4 is 0 Å². The van der Waals surface area contributed by atoms with Crippen LogP contribution in [0.2, 0.25) is 0 Å². The monoisotopic (exact) mass is 214 g/mol. The van der Waals surface area contributed by atoms with Crippen LogP contribution in [0.4, 0.5) is 0 Å². The smallest absolute Gasteiger partial charge is 0.163 e. The van der Waals surface area contributed by atoms with E-state index in [9.17, 15) is 5.11 Å². The van der Waals surface area contributed by atoms with Gasteiger partial charge in [0, 0.05) is 0 Å². The SMILES string of the molecule is C=CCC[C@H](O)CC[C@H]1COC(C)(C)O1. The predicted octanol–water partition coefficient (Wildman–Crippen LogP) is 2.25. The van der Waals surface area contributed by atoms with E-state index in [-0.39, 0.29) is 12.2 Å². The van der Waals surface area contributed by atoms with Crippen molar-refractivity contribution >= 4 is 0 Å². The highest BCUT2D eigenvalue weighted by Crippen LogP contribution is 2.25. The molecule has 1 N–H and O–H groups in total. The number of hydrogen-bond donors (Lipinski definition) is 1. The van der Waals surface area contributed by atoms with Gasteiger partial charge >= 0.3 is 0 Å². The zero-order chi connectivity index (χ0) is 11.3. The number of aliphatic hydroxyl groups is 1. The van der Waals surface area contributed by atoms with E-state index in [1.54, 1.807) is 0 Å². The highest BCUT2D eigenvalue weighted by Gasteiger charge is 2.32. The molecule has 1 fully saturated rings. The van der Waals surface area contributed by atoms with Crippen LogP contribution in [0, 0.1) is 0 Å². The summed E-state index contributed by atoms with van der Waals surface area (Å²) in [6, 6.07) is 0. The third-order valence-corrected chi connectivity index (χ3v) is 2.59. The van der Waals surface area contributed by atoms with Gasteiger partial charge in [-0.3, -0.25) is 0 Å². The average molecular weight is 214 g/mol. The van der Waals surface area contributed by atoms with Crippen LogP contribution >= 0.6 is 0 Å². The van der Waals surface area contributed by atoms with Gasteiger partial charge in [0.05, 0.1) is 18.8 Å². The minimum Gasteiger partial charge on any atom is -0.393 e. The summed E-state index contributed by atoms with van der Waals surface area (Å²) >= 11 is 0. The lowest BCUT2D eigenvalue weighted by Crippen LogP contribution is -2.22. The number of rotatable bonds is 6. The molecule has 1 aliphatic rings. The Morgan fingerprint density at radius 1 is 1.53 bits per heavy atom. The summed E-state index contributed by atoms with van der Waals surface area (Å²) in [5, 5.41) is 9.63. The maximum atomic E-state index is 9.63. The van der Waals surface area contributed by atoms with Crippen molar-refractivity contribution in [3.63, 3.8) is 0 Å². The van der Waals surface area contributed by atoms with Gasteiger partial charge in [-0.1, -0.05) is 6.08 Å². The fourth-order valence-electron chi connectivity index (χ4n) is 1.74. The average Bonchev–Trinajstić information content (AvgIpc) is 2.52. The summed E-state index contributed by atoms with van der Waals surface area (Å²) in [6.45, 7) is 8.11. The molecule has 1 rings (SSSR count). The Morgan fingerprint density at radius 2 is 2.27 bits per heavy atom. The maximum Gasteiger partial charge on any atom is 0.163 e. The van der Waals surface area contributed by atoms with Gasteiger partial charge < -0.3 is 14.6 Å². The molecule has 0 radical (unpaired) electrons. The van der Waals surface area contributed by atoms with Crippen LogP contribution in [-0.4, -0.2) is 29.7 Å². The summed E-state index contributed by atoms with van der Waals surface area (Å²) in [6.07, 6.45) is 5.03. The molecule has 0 spiro atoms. The Hall–Kier alpha value is -0.380. The lowest BCUT2D eigenvalue weighted by molar-refractivity contribution is -0.139. The van der Waals surface area contributed by atoms with E-state index >= 15 is 0 Å². The summed E-state index contributed by atoms with van der Waals surface area (Å²) in [5.74, 6) is -0.448. The molecule has 0 bridgehead atoms. The second kappa shape index (κ2) is 5.64. The third-order valence-electron chi connectivity index (χ3n) is 2.59. The van der Waals surface area contributed by atoms with E-state index < -0.39 is 5.79 Å². The van der Waals surface area contributed by atoms with Crippen molar-refractivity contribution in [3.8, 4) is 0 Å². The molecule has 0 aromatic rings. The van der Waals surface area contributed by atoms with Crippen molar-refractivity contribution in [2.24, 2.45) is 0 Å². The van der Waals surface area contributed by atoms with Gasteiger partial charge in [0.2, 0.25) is 0 Å². The van der Waals surface area contributed by atoms with Crippen molar-refractivity contribution in [1.29, 1.82) is 0 Å². The first-order valence-corrected chi connectivity index (χ1v) is 5.64. The van der Waals surface area contributed by atoms with E-state index in [1.807, 2.05) is 19.9 Å². The van der Waals surface area contributed by atoms with Crippen molar-refractivity contribution in [2.45, 2.75) is 57.5 Å². The fourth-order valence-corrected chi connectivity index (χ4v) is 1.74. The van der Waals surface area contributed by atoms with E-state index in [2.05, 4.69) is 6.58 Å². The lowest BCUT2D eigenvalue weighted by atomic mass is 10.1. The Kier molecular flexibility index (Phi) is 4.77. The highest BCUT2D eigenvalue weighted by molar-refractivity contribution is 4.74. The molecule has 3 heteroatoms. The van der Waals surface area contributed by atoms with Gasteiger partial charge in [0.25, 0.3) is 0 Å². The van der Waals surface area contributed by atoms with E-state index in [1.165, 1.54) is 0 Å². The lowest BCUT2D eigenvalue weighted by Gasteiger charge is -2.17. The van der Waals surface area contributed by atoms with Gasteiger partial charge in [0.15, 0.2) is 5.79 Å². The molecule has 88 valence electrons. The zero-order valence-electron chi connectivity index (χ0n) is 9.74. The van der Waals surface area contributed by atoms with Crippen LogP contribution in [-0.2, 0) is 9.47 Å². The molecule has 2 atom stereocenters. The molecule has 0 amide bonds. The molecule has 0 unspecified atom stereocenters. The van der Waals surface area contributed by atoms with E-state index in [0.29, 0.717) is 6.61 Å². The standard InChI is InChI=1S/C12H22O3/c1-4-5-6-10(13)7-8-11-9-14-12(2,3)15-11/h4,10-11,13H,1,5-9H2,2-3H3/t10-,11-/m0/s1. The van der Waals surface area contributed by atoms with Crippen LogP contribution in [0.5, 0.6) is 0 Å². The molecule has 3 nitrogen and oxygen atoms in total. The Balaban J connectivity index is 2.12. The van der Waals surface area contributed by atoms with E-state index in [4.69, 9.17) is 9.47 Å². The quantitative estimate of drug-likeness (QED) is 0.689. The zero-order valence-corrected chi connectivity index (χ0v) is 9.74. The predicted molar refractivity (Wildman–Crippen MR) is 59.6 cm³/mol. The van der Waals surface area contributed by atoms with Crippen molar-refractivity contribution in [2.75, 3.05) is 6.61 Å². The first kappa shape index (κ1) is 12.7. The number of allylic oxidation sites excluding steroid dienone is 1. The summed E-state index contributed by atoms with van der Waals surface area (Å²) in [5.41, 5.74) is 0. The van der Waals surface area contributed by atoms with Gasteiger partial charge in [-0.05, 0) is 39.5 Å². The van der Waals surface area contributed by atoms with E-state index in [0.717, 1.165) is 25.7 Å². The number of aliphatic hydroxyl groups excluding tert-OH is 1.